The lowest BCUT2D eigenvalue weighted by Crippen LogP contribution is -2.54. The first kappa shape index (κ1) is 27.2. The number of amides is 2. The topological polar surface area (TPSA) is 72.9 Å². The van der Waals surface area contributed by atoms with Gasteiger partial charge in [0, 0.05) is 57.8 Å². The first-order chi connectivity index (χ1) is 16.8. The Bertz CT molecular complexity index is 993. The molecule has 2 aromatic rings. The van der Waals surface area contributed by atoms with Crippen LogP contribution in [-0.4, -0.2) is 95.1 Å². The quantitative estimate of drug-likeness (QED) is 0.271. The number of aromatic nitrogens is 2. The fourth-order valence-electron chi connectivity index (χ4n) is 3.99. The van der Waals surface area contributed by atoms with Gasteiger partial charge in [-0.2, -0.15) is 0 Å². The lowest BCUT2D eigenvalue weighted by Gasteiger charge is -2.40. The number of nitrogens with zero attached hydrogens (tertiary/aromatic N) is 6. The summed E-state index contributed by atoms with van der Waals surface area (Å²) in [6, 6.07) is 11.8. The number of benzene rings is 1. The molecule has 0 saturated carbocycles. The van der Waals surface area contributed by atoms with Crippen molar-refractivity contribution in [3.63, 3.8) is 0 Å². The van der Waals surface area contributed by atoms with E-state index in [0.717, 1.165) is 17.9 Å². The summed E-state index contributed by atoms with van der Waals surface area (Å²) in [5, 5.41) is 0.825. The molecule has 8 nitrogen and oxygen atoms in total. The molecule has 2 amide bonds. The van der Waals surface area contributed by atoms with Crippen LogP contribution >= 0.6 is 23.4 Å². The van der Waals surface area contributed by atoms with Gasteiger partial charge in [-0.15, -0.1) is 0 Å². The highest BCUT2D eigenvalue weighted by Gasteiger charge is 2.27. The zero-order valence-corrected chi connectivity index (χ0v) is 22.6. The van der Waals surface area contributed by atoms with Crippen molar-refractivity contribution < 1.29 is 9.59 Å². The van der Waals surface area contributed by atoms with Crippen molar-refractivity contribution in [2.45, 2.75) is 38.0 Å². The van der Waals surface area contributed by atoms with Gasteiger partial charge in [-0.3, -0.25) is 9.59 Å². The second kappa shape index (κ2) is 13.1. The number of hydrogen-bond acceptors (Lipinski definition) is 7. The van der Waals surface area contributed by atoms with Crippen LogP contribution in [-0.2, 0) is 16.1 Å². The van der Waals surface area contributed by atoms with Gasteiger partial charge in [0.05, 0.1) is 5.75 Å². The Morgan fingerprint density at radius 3 is 2.54 bits per heavy atom. The zero-order valence-electron chi connectivity index (χ0n) is 21.0. The largest absolute Gasteiger partial charge is 0.353 e. The van der Waals surface area contributed by atoms with Gasteiger partial charge >= 0.3 is 0 Å². The fraction of sp³-hybridized carbons (Fsp3) is 0.520. The number of thioether (sulfide) groups is 1. The van der Waals surface area contributed by atoms with Crippen molar-refractivity contribution in [2.24, 2.45) is 0 Å². The van der Waals surface area contributed by atoms with Gasteiger partial charge in [0.25, 0.3) is 0 Å². The molecule has 35 heavy (non-hydrogen) atoms. The molecule has 0 radical (unpaired) electrons. The summed E-state index contributed by atoms with van der Waals surface area (Å²) in [7, 11) is 4.00. The Labute approximate surface area is 217 Å². The highest BCUT2D eigenvalue weighted by Crippen LogP contribution is 2.24. The maximum absolute atomic E-state index is 13.1. The first-order valence-corrected chi connectivity index (χ1v) is 13.3. The van der Waals surface area contributed by atoms with Crippen LogP contribution in [0.2, 0.25) is 5.15 Å². The zero-order chi connectivity index (χ0) is 25.4. The number of hydrogen-bond donors (Lipinski definition) is 0. The van der Waals surface area contributed by atoms with Gasteiger partial charge in [0.15, 0.2) is 5.16 Å². The van der Waals surface area contributed by atoms with E-state index in [2.05, 4.69) is 19.8 Å². The van der Waals surface area contributed by atoms with E-state index in [0.29, 0.717) is 49.5 Å². The molecule has 1 aromatic heterocycles. The Morgan fingerprint density at radius 1 is 1.14 bits per heavy atom. The fourth-order valence-corrected chi connectivity index (χ4v) is 4.97. The Balaban J connectivity index is 1.65. The molecule has 1 saturated heterocycles. The van der Waals surface area contributed by atoms with Crippen molar-refractivity contribution in [1.29, 1.82) is 0 Å². The molecule has 0 aliphatic carbocycles. The predicted molar refractivity (Wildman–Crippen MR) is 142 cm³/mol. The summed E-state index contributed by atoms with van der Waals surface area (Å²) in [5.41, 5.74) is 1.10. The number of rotatable bonds is 10. The summed E-state index contributed by atoms with van der Waals surface area (Å²) in [6.07, 6.45) is 0.508. The van der Waals surface area contributed by atoms with Crippen molar-refractivity contribution in [1.82, 2.24) is 24.7 Å². The van der Waals surface area contributed by atoms with E-state index >= 15 is 0 Å². The summed E-state index contributed by atoms with van der Waals surface area (Å²) in [5.74, 6) is 1.16. The van der Waals surface area contributed by atoms with Crippen LogP contribution in [0.5, 0.6) is 0 Å². The van der Waals surface area contributed by atoms with E-state index < -0.39 is 0 Å². The van der Waals surface area contributed by atoms with Crippen LogP contribution < -0.4 is 4.90 Å². The molecule has 1 aliphatic heterocycles. The standard InChI is InChI=1S/C25H35ClN6O2S/c1-5-23(33)32-14-13-30(16-19(32)2)22-15-21(26)27-25(28-22)35-18-24(34)31(12-11-29(3)4)17-20-9-7-6-8-10-20/h6-10,15,19H,5,11-14,16-18H2,1-4H3. The van der Waals surface area contributed by atoms with E-state index in [1.165, 1.54) is 11.8 Å². The molecule has 3 rings (SSSR count). The molecule has 2 heterocycles. The molecular formula is C25H35ClN6O2S. The van der Waals surface area contributed by atoms with Crippen molar-refractivity contribution in [3.8, 4) is 0 Å². The van der Waals surface area contributed by atoms with E-state index in [4.69, 9.17) is 11.6 Å². The van der Waals surface area contributed by atoms with Crippen LogP contribution in [0.3, 0.4) is 0 Å². The minimum Gasteiger partial charge on any atom is -0.353 e. The smallest absolute Gasteiger partial charge is 0.233 e. The van der Waals surface area contributed by atoms with Crippen LogP contribution in [0.4, 0.5) is 5.82 Å². The Hall–Kier alpha value is -2.36. The number of piperazine rings is 1. The molecule has 0 N–H and O–H groups in total. The molecule has 190 valence electrons. The van der Waals surface area contributed by atoms with Crippen molar-refractivity contribution >= 4 is 41.0 Å². The number of anilines is 1. The molecule has 1 aliphatic rings. The third-order valence-electron chi connectivity index (χ3n) is 5.95. The van der Waals surface area contributed by atoms with Gasteiger partial charge in [-0.05, 0) is 26.6 Å². The first-order valence-electron chi connectivity index (χ1n) is 11.9. The van der Waals surface area contributed by atoms with Gasteiger partial charge < -0.3 is 19.6 Å². The van der Waals surface area contributed by atoms with Gasteiger partial charge in [-0.25, -0.2) is 9.97 Å². The monoisotopic (exact) mass is 518 g/mol. The molecule has 0 bridgehead atoms. The Kier molecular flexibility index (Phi) is 10.2. The van der Waals surface area contributed by atoms with Gasteiger partial charge in [0.1, 0.15) is 11.0 Å². The van der Waals surface area contributed by atoms with Crippen LogP contribution in [0.15, 0.2) is 41.6 Å². The van der Waals surface area contributed by atoms with E-state index in [-0.39, 0.29) is 23.6 Å². The molecule has 10 heteroatoms. The summed E-state index contributed by atoms with van der Waals surface area (Å²) in [6.45, 7) is 7.93. The molecule has 1 atom stereocenters. The summed E-state index contributed by atoms with van der Waals surface area (Å²) < 4.78 is 0. The third kappa shape index (κ3) is 8.08. The number of likely N-dealkylation sites (N-methyl/N-ethyl adjacent to an activating group) is 1. The van der Waals surface area contributed by atoms with E-state index in [1.54, 1.807) is 6.07 Å². The molecule has 0 spiro atoms. The SMILES string of the molecule is CCC(=O)N1CCN(c2cc(Cl)nc(SCC(=O)N(CCN(C)C)Cc3ccccc3)n2)CC1C. The second-order valence-corrected chi connectivity index (χ2v) is 10.3. The van der Waals surface area contributed by atoms with Gasteiger partial charge in [-0.1, -0.05) is 60.6 Å². The average molecular weight is 519 g/mol. The van der Waals surface area contributed by atoms with Crippen LogP contribution in [0.1, 0.15) is 25.8 Å². The number of halogens is 1. The number of carbonyl (C=O) groups excluding carboxylic acids is 2. The van der Waals surface area contributed by atoms with Crippen LogP contribution in [0.25, 0.3) is 0 Å². The van der Waals surface area contributed by atoms with E-state index in [9.17, 15) is 9.59 Å². The maximum atomic E-state index is 13.1. The lowest BCUT2D eigenvalue weighted by molar-refractivity contribution is -0.133. The predicted octanol–water partition coefficient (Wildman–Crippen LogP) is 3.26. The maximum Gasteiger partial charge on any atom is 0.233 e. The van der Waals surface area contributed by atoms with Gasteiger partial charge in [0.2, 0.25) is 11.8 Å². The second-order valence-electron chi connectivity index (χ2n) is 8.96. The van der Waals surface area contributed by atoms with Crippen molar-refractivity contribution in [3.05, 3.63) is 47.1 Å². The highest BCUT2D eigenvalue weighted by molar-refractivity contribution is 7.99. The Morgan fingerprint density at radius 2 is 1.89 bits per heavy atom. The van der Waals surface area contributed by atoms with E-state index in [1.807, 2.05) is 68.1 Å². The van der Waals surface area contributed by atoms with Crippen molar-refractivity contribution in [2.75, 3.05) is 57.5 Å². The normalized spacial score (nSPS) is 16.0. The molecule has 1 fully saturated rings. The third-order valence-corrected chi connectivity index (χ3v) is 6.97. The summed E-state index contributed by atoms with van der Waals surface area (Å²) >= 11 is 7.62. The minimum absolute atomic E-state index is 0.0335. The molecule has 1 unspecified atom stereocenters. The number of carbonyl (C=O) groups is 2. The average Bonchev–Trinajstić information content (AvgIpc) is 2.84. The highest BCUT2D eigenvalue weighted by atomic mass is 35.5. The summed E-state index contributed by atoms with van der Waals surface area (Å²) in [4.78, 5) is 42.3. The molecule has 1 aromatic carbocycles. The molecular weight excluding hydrogens is 484 g/mol. The minimum atomic E-state index is 0.0335. The van der Waals surface area contributed by atoms with Crippen LogP contribution in [0, 0.1) is 0 Å². The lowest BCUT2D eigenvalue weighted by atomic mass is 10.1.